The van der Waals surface area contributed by atoms with Gasteiger partial charge in [0.2, 0.25) is 0 Å². The van der Waals surface area contributed by atoms with E-state index in [2.05, 4.69) is 17.2 Å². The summed E-state index contributed by atoms with van der Waals surface area (Å²) in [6.45, 7) is 2.80. The van der Waals surface area contributed by atoms with Crippen molar-refractivity contribution < 1.29 is 4.79 Å². The Morgan fingerprint density at radius 2 is 2.06 bits per heavy atom. The minimum atomic E-state index is 0.472. The van der Waals surface area contributed by atoms with Gasteiger partial charge in [-0.05, 0) is 18.4 Å². The number of carbonyl (C=O) groups excluding carboxylic acids is 1. The van der Waals surface area contributed by atoms with E-state index in [-0.39, 0.29) is 0 Å². The monoisotopic (exact) mass is 243 g/mol. The van der Waals surface area contributed by atoms with Crippen molar-refractivity contribution in [1.29, 1.82) is 0 Å². The lowest BCUT2D eigenvalue weighted by atomic mass is 10.1. The topological polar surface area (TPSA) is 47.8 Å². The van der Waals surface area contributed by atoms with Gasteiger partial charge in [-0.2, -0.15) is 0 Å². The summed E-state index contributed by atoms with van der Waals surface area (Å²) in [7, 11) is 0. The van der Waals surface area contributed by atoms with Crippen LogP contribution in [-0.4, -0.2) is 21.3 Å². The molecule has 1 aromatic heterocycles. The first-order valence-corrected chi connectivity index (χ1v) is 6.26. The largest absolute Gasteiger partial charge is 0.296 e. The molecule has 1 aromatic carbocycles. The van der Waals surface area contributed by atoms with Crippen molar-refractivity contribution in [1.82, 2.24) is 15.0 Å². The molecule has 4 heteroatoms. The lowest BCUT2D eigenvalue weighted by molar-refractivity contribution is 0.111. The molecule has 0 aliphatic carbocycles. The number of nitrogens with zero attached hydrogens (tertiary/aromatic N) is 3. The summed E-state index contributed by atoms with van der Waals surface area (Å²) in [4.78, 5) is 10.9. The number of benzene rings is 1. The molecule has 0 atom stereocenters. The van der Waals surface area contributed by atoms with Crippen LogP contribution >= 0.6 is 0 Å². The molecule has 18 heavy (non-hydrogen) atoms. The van der Waals surface area contributed by atoms with Gasteiger partial charge in [0.25, 0.3) is 0 Å². The van der Waals surface area contributed by atoms with Crippen LogP contribution in [-0.2, 0) is 13.0 Å². The predicted octanol–water partition coefficient (Wildman–Crippen LogP) is 2.48. The van der Waals surface area contributed by atoms with Crippen LogP contribution in [0.4, 0.5) is 0 Å². The Balaban J connectivity index is 2.21. The Kier molecular flexibility index (Phi) is 4.23. The quantitative estimate of drug-likeness (QED) is 0.732. The molecule has 94 valence electrons. The second kappa shape index (κ2) is 6.10. The maximum atomic E-state index is 10.9. The molecule has 0 spiro atoms. The highest BCUT2D eigenvalue weighted by Crippen LogP contribution is 2.10. The molecule has 0 unspecified atom stereocenters. The van der Waals surface area contributed by atoms with Crippen LogP contribution in [0.1, 0.15) is 41.5 Å². The molecule has 0 aliphatic heterocycles. The average Bonchev–Trinajstić information content (AvgIpc) is 2.79. The maximum absolute atomic E-state index is 10.9. The zero-order chi connectivity index (χ0) is 12.8. The highest BCUT2D eigenvalue weighted by molar-refractivity contribution is 5.73. The fraction of sp³-hybridized carbons (Fsp3) is 0.357. The number of aromatic nitrogens is 3. The molecule has 2 aromatic rings. The molecule has 4 nitrogen and oxygen atoms in total. The van der Waals surface area contributed by atoms with E-state index in [1.807, 2.05) is 35.0 Å². The summed E-state index contributed by atoms with van der Waals surface area (Å²) in [5.74, 6) is 0. The first kappa shape index (κ1) is 12.5. The minimum Gasteiger partial charge on any atom is -0.296 e. The highest BCUT2D eigenvalue weighted by atomic mass is 16.1. The van der Waals surface area contributed by atoms with E-state index in [9.17, 15) is 4.79 Å². The molecule has 0 bridgehead atoms. The third-order valence-electron chi connectivity index (χ3n) is 2.92. The normalized spacial score (nSPS) is 10.5. The Morgan fingerprint density at radius 1 is 1.28 bits per heavy atom. The van der Waals surface area contributed by atoms with Crippen LogP contribution in [0.15, 0.2) is 30.3 Å². The van der Waals surface area contributed by atoms with Gasteiger partial charge in [0.15, 0.2) is 6.29 Å². The predicted molar refractivity (Wildman–Crippen MR) is 69.6 cm³/mol. The third kappa shape index (κ3) is 2.83. The van der Waals surface area contributed by atoms with Crippen molar-refractivity contribution in [2.24, 2.45) is 0 Å². The SMILES string of the molecule is CCCCc1c(C=O)nnn1Cc1ccccc1. The van der Waals surface area contributed by atoms with Gasteiger partial charge in [-0.15, -0.1) is 5.10 Å². The second-order valence-corrected chi connectivity index (χ2v) is 4.29. The van der Waals surface area contributed by atoms with Crippen molar-refractivity contribution in [2.75, 3.05) is 0 Å². The fourth-order valence-corrected chi connectivity index (χ4v) is 1.92. The maximum Gasteiger partial charge on any atom is 0.172 e. The fourth-order valence-electron chi connectivity index (χ4n) is 1.92. The van der Waals surface area contributed by atoms with E-state index in [0.717, 1.165) is 36.8 Å². The Labute approximate surface area is 107 Å². The third-order valence-corrected chi connectivity index (χ3v) is 2.92. The lowest BCUT2D eigenvalue weighted by Gasteiger charge is -2.06. The van der Waals surface area contributed by atoms with Crippen molar-refractivity contribution in [3.63, 3.8) is 0 Å². The van der Waals surface area contributed by atoms with Crippen LogP contribution in [0, 0.1) is 0 Å². The van der Waals surface area contributed by atoms with Crippen molar-refractivity contribution in [3.05, 3.63) is 47.3 Å². The zero-order valence-electron chi connectivity index (χ0n) is 10.5. The summed E-state index contributed by atoms with van der Waals surface area (Å²) < 4.78 is 1.83. The Hall–Kier alpha value is -1.97. The number of carbonyl (C=O) groups is 1. The van der Waals surface area contributed by atoms with Gasteiger partial charge in [0.05, 0.1) is 12.2 Å². The molecule has 1 heterocycles. The van der Waals surface area contributed by atoms with Crippen LogP contribution < -0.4 is 0 Å². The Morgan fingerprint density at radius 3 is 2.72 bits per heavy atom. The average molecular weight is 243 g/mol. The summed E-state index contributed by atoms with van der Waals surface area (Å²) >= 11 is 0. The molecule has 0 saturated carbocycles. The number of hydrogen-bond acceptors (Lipinski definition) is 3. The standard InChI is InChI=1S/C14H17N3O/c1-2-3-9-14-13(11-18)15-16-17(14)10-12-7-5-4-6-8-12/h4-8,11H,2-3,9-10H2,1H3. The molecule has 0 N–H and O–H groups in total. The molecule has 0 fully saturated rings. The van der Waals surface area contributed by atoms with E-state index in [1.54, 1.807) is 0 Å². The van der Waals surface area contributed by atoms with Gasteiger partial charge in [-0.25, -0.2) is 4.68 Å². The Bertz CT molecular complexity index is 505. The van der Waals surface area contributed by atoms with Gasteiger partial charge in [0.1, 0.15) is 5.69 Å². The van der Waals surface area contributed by atoms with Crippen molar-refractivity contribution >= 4 is 6.29 Å². The zero-order valence-corrected chi connectivity index (χ0v) is 10.5. The smallest absolute Gasteiger partial charge is 0.172 e. The first-order chi connectivity index (χ1) is 8.85. The molecule has 2 rings (SSSR count). The molecule has 0 amide bonds. The minimum absolute atomic E-state index is 0.472. The van der Waals surface area contributed by atoms with E-state index < -0.39 is 0 Å². The van der Waals surface area contributed by atoms with Gasteiger partial charge < -0.3 is 0 Å². The molecule has 0 saturated heterocycles. The summed E-state index contributed by atoms with van der Waals surface area (Å²) in [5.41, 5.74) is 2.58. The number of hydrogen-bond donors (Lipinski definition) is 0. The van der Waals surface area contributed by atoms with Crippen molar-refractivity contribution in [2.45, 2.75) is 32.7 Å². The number of rotatable bonds is 6. The molecular weight excluding hydrogens is 226 g/mol. The summed E-state index contributed by atoms with van der Waals surface area (Å²) in [5, 5.41) is 8.00. The van der Waals surface area contributed by atoms with Crippen molar-refractivity contribution in [3.8, 4) is 0 Å². The summed E-state index contributed by atoms with van der Waals surface area (Å²) in [6, 6.07) is 10.1. The van der Waals surface area contributed by atoms with E-state index in [1.165, 1.54) is 0 Å². The highest BCUT2D eigenvalue weighted by Gasteiger charge is 2.11. The van der Waals surface area contributed by atoms with E-state index in [0.29, 0.717) is 12.2 Å². The first-order valence-electron chi connectivity index (χ1n) is 6.26. The van der Waals surface area contributed by atoms with Crippen LogP contribution in [0.2, 0.25) is 0 Å². The van der Waals surface area contributed by atoms with Crippen LogP contribution in [0.5, 0.6) is 0 Å². The molecule has 0 aliphatic rings. The molecule has 0 radical (unpaired) electrons. The second-order valence-electron chi connectivity index (χ2n) is 4.29. The van der Waals surface area contributed by atoms with Gasteiger partial charge in [-0.1, -0.05) is 48.9 Å². The van der Waals surface area contributed by atoms with E-state index in [4.69, 9.17) is 0 Å². The van der Waals surface area contributed by atoms with Crippen LogP contribution in [0.3, 0.4) is 0 Å². The number of aldehydes is 1. The van der Waals surface area contributed by atoms with E-state index >= 15 is 0 Å². The molecular formula is C14H17N3O. The lowest BCUT2D eigenvalue weighted by Crippen LogP contribution is -2.07. The summed E-state index contributed by atoms with van der Waals surface area (Å²) in [6.07, 6.45) is 3.78. The van der Waals surface area contributed by atoms with Crippen LogP contribution in [0.25, 0.3) is 0 Å². The number of unbranched alkanes of at least 4 members (excludes halogenated alkanes) is 1. The van der Waals surface area contributed by atoms with Gasteiger partial charge in [-0.3, -0.25) is 4.79 Å². The van der Waals surface area contributed by atoms with Gasteiger partial charge in [0, 0.05) is 0 Å². The van der Waals surface area contributed by atoms with Gasteiger partial charge >= 0.3 is 0 Å².